The van der Waals surface area contributed by atoms with Gasteiger partial charge in [-0.15, -0.1) is 0 Å². The molecule has 1 aromatic heterocycles. The van der Waals surface area contributed by atoms with E-state index in [2.05, 4.69) is 31.0 Å². The maximum absolute atomic E-state index is 12.5. The molecule has 3 aromatic rings. The number of anilines is 2. The zero-order chi connectivity index (χ0) is 19.6. The second kappa shape index (κ2) is 7.70. The molecule has 1 N–H and O–H groups in total. The highest BCUT2D eigenvalue weighted by atomic mass is 16.2. The van der Waals surface area contributed by atoms with Crippen LogP contribution in [0.1, 0.15) is 20.8 Å². The Hall–Kier alpha value is -3.02. The third-order valence-electron chi connectivity index (χ3n) is 4.80. The van der Waals surface area contributed by atoms with E-state index in [0.29, 0.717) is 6.04 Å². The largest absolute Gasteiger partial charge is 0.369 e. The van der Waals surface area contributed by atoms with Crippen LogP contribution in [0, 0.1) is 0 Å². The number of amides is 1. The zero-order valence-corrected chi connectivity index (χ0v) is 16.3. The Morgan fingerprint density at radius 1 is 1.07 bits per heavy atom. The van der Waals surface area contributed by atoms with Crippen LogP contribution in [-0.4, -0.2) is 27.6 Å². The van der Waals surface area contributed by atoms with Gasteiger partial charge in [-0.2, -0.15) is 0 Å². The monoisotopic (exact) mass is 366 g/mol. The topological polar surface area (TPSA) is 59.3 Å². The summed E-state index contributed by atoms with van der Waals surface area (Å²) >= 11 is 0. The fourth-order valence-corrected chi connectivity index (χ4v) is 3.44. The molecule has 0 saturated carbocycles. The Morgan fingerprint density at radius 2 is 1.70 bits per heavy atom. The lowest BCUT2D eigenvalue weighted by atomic mass is 10.2. The van der Waals surface area contributed by atoms with Gasteiger partial charge in [0.2, 0.25) is 5.91 Å². The highest BCUT2D eigenvalue weighted by Gasteiger charge is 2.14. The lowest BCUT2D eigenvalue weighted by Crippen LogP contribution is -2.30. The number of nitrogens with one attached hydrogen (secondary N) is 1. The van der Waals surface area contributed by atoms with Gasteiger partial charge in [-0.1, -0.05) is 12.1 Å². The van der Waals surface area contributed by atoms with Gasteiger partial charge < -0.3 is 10.2 Å². The third kappa shape index (κ3) is 3.74. The standard InChI is InChI=1S/C21H26N4O2/c1-5-24(15(2)3)17-12-10-16(11-13-17)22-20(26)14-25-19-9-7-6-8-18(19)23(4)21(25)27/h6-13,15H,5,14H2,1-4H3,(H,22,26). The Labute approximate surface area is 159 Å². The number of imidazole rings is 1. The second-order valence-electron chi connectivity index (χ2n) is 6.89. The number of aromatic nitrogens is 2. The summed E-state index contributed by atoms with van der Waals surface area (Å²) in [5.41, 5.74) is 3.21. The van der Waals surface area contributed by atoms with Gasteiger partial charge in [-0.25, -0.2) is 4.79 Å². The number of hydrogen-bond donors (Lipinski definition) is 1. The number of carbonyl (C=O) groups is 1. The molecule has 0 spiro atoms. The summed E-state index contributed by atoms with van der Waals surface area (Å²) in [5, 5.41) is 2.88. The maximum Gasteiger partial charge on any atom is 0.329 e. The molecule has 0 saturated heterocycles. The number of fused-ring (bicyclic) bond motifs is 1. The smallest absolute Gasteiger partial charge is 0.329 e. The predicted octanol–water partition coefficient (Wildman–Crippen LogP) is 3.21. The molecule has 2 aromatic carbocycles. The number of carbonyl (C=O) groups excluding carboxylic acids is 1. The van der Waals surface area contributed by atoms with E-state index in [4.69, 9.17) is 0 Å². The second-order valence-corrected chi connectivity index (χ2v) is 6.89. The molecular formula is C21H26N4O2. The van der Waals surface area contributed by atoms with Crippen LogP contribution in [0.25, 0.3) is 11.0 Å². The van der Waals surface area contributed by atoms with Gasteiger partial charge in [0.15, 0.2) is 0 Å². The van der Waals surface area contributed by atoms with Gasteiger partial charge in [-0.05, 0) is 57.2 Å². The Bertz CT molecular complexity index is 999. The average Bonchev–Trinajstić information content (AvgIpc) is 2.89. The summed E-state index contributed by atoms with van der Waals surface area (Å²) in [6, 6.07) is 15.7. The van der Waals surface area contributed by atoms with Crippen molar-refractivity contribution in [2.75, 3.05) is 16.8 Å². The van der Waals surface area contributed by atoms with E-state index in [1.54, 1.807) is 11.6 Å². The third-order valence-corrected chi connectivity index (χ3v) is 4.80. The van der Waals surface area contributed by atoms with Gasteiger partial charge in [0.05, 0.1) is 11.0 Å². The van der Waals surface area contributed by atoms with Gasteiger partial charge in [-0.3, -0.25) is 13.9 Å². The summed E-state index contributed by atoms with van der Waals surface area (Å²) in [6.45, 7) is 7.34. The van der Waals surface area contributed by atoms with Crippen molar-refractivity contribution in [3.63, 3.8) is 0 Å². The molecule has 0 fully saturated rings. The van der Waals surface area contributed by atoms with Crippen molar-refractivity contribution >= 4 is 28.3 Å². The van der Waals surface area contributed by atoms with Crippen LogP contribution in [0.5, 0.6) is 0 Å². The van der Waals surface area contributed by atoms with Crippen LogP contribution in [0.2, 0.25) is 0 Å². The van der Waals surface area contributed by atoms with Crippen molar-refractivity contribution in [2.24, 2.45) is 7.05 Å². The summed E-state index contributed by atoms with van der Waals surface area (Å²) in [6.07, 6.45) is 0. The molecule has 3 rings (SSSR count). The molecule has 1 heterocycles. The van der Waals surface area contributed by atoms with Crippen molar-refractivity contribution in [3.05, 3.63) is 59.0 Å². The minimum Gasteiger partial charge on any atom is -0.369 e. The van der Waals surface area contributed by atoms with Crippen LogP contribution in [0.3, 0.4) is 0 Å². The van der Waals surface area contributed by atoms with Crippen LogP contribution >= 0.6 is 0 Å². The lowest BCUT2D eigenvalue weighted by molar-refractivity contribution is -0.116. The highest BCUT2D eigenvalue weighted by Crippen LogP contribution is 2.20. The Balaban J connectivity index is 1.75. The SMILES string of the molecule is CCN(c1ccc(NC(=O)Cn2c(=O)n(C)c3ccccc32)cc1)C(C)C. The van der Waals surface area contributed by atoms with Crippen LogP contribution in [-0.2, 0) is 18.4 Å². The van der Waals surface area contributed by atoms with Gasteiger partial charge in [0.1, 0.15) is 6.54 Å². The van der Waals surface area contributed by atoms with Crippen molar-refractivity contribution < 1.29 is 4.79 Å². The molecule has 0 radical (unpaired) electrons. The van der Waals surface area contributed by atoms with E-state index in [1.807, 2.05) is 48.5 Å². The van der Waals surface area contributed by atoms with Crippen molar-refractivity contribution in [1.82, 2.24) is 9.13 Å². The van der Waals surface area contributed by atoms with Crippen molar-refractivity contribution in [1.29, 1.82) is 0 Å². The van der Waals surface area contributed by atoms with E-state index in [0.717, 1.165) is 29.0 Å². The first kappa shape index (κ1) is 18.8. The molecule has 0 atom stereocenters. The first-order valence-corrected chi connectivity index (χ1v) is 9.23. The summed E-state index contributed by atoms with van der Waals surface area (Å²) < 4.78 is 3.05. The molecular weight excluding hydrogens is 340 g/mol. The molecule has 6 nitrogen and oxygen atoms in total. The first-order valence-electron chi connectivity index (χ1n) is 9.23. The lowest BCUT2D eigenvalue weighted by Gasteiger charge is -2.27. The molecule has 0 unspecified atom stereocenters. The summed E-state index contributed by atoms with van der Waals surface area (Å²) in [4.78, 5) is 27.2. The minimum absolute atomic E-state index is 0.0188. The number of nitrogens with zero attached hydrogens (tertiary/aromatic N) is 3. The Morgan fingerprint density at radius 3 is 2.30 bits per heavy atom. The fourth-order valence-electron chi connectivity index (χ4n) is 3.44. The number of benzene rings is 2. The maximum atomic E-state index is 12.5. The van der Waals surface area contributed by atoms with E-state index in [-0.39, 0.29) is 18.1 Å². The molecule has 0 aliphatic heterocycles. The first-order chi connectivity index (χ1) is 12.9. The van der Waals surface area contributed by atoms with E-state index < -0.39 is 0 Å². The quantitative estimate of drug-likeness (QED) is 0.729. The normalized spacial score (nSPS) is 11.1. The number of aryl methyl sites for hydroxylation is 1. The molecule has 142 valence electrons. The molecule has 0 aliphatic rings. The molecule has 6 heteroatoms. The highest BCUT2D eigenvalue weighted by molar-refractivity contribution is 5.91. The molecule has 1 amide bonds. The molecule has 0 aliphatic carbocycles. The van der Waals surface area contributed by atoms with Crippen LogP contribution in [0.4, 0.5) is 11.4 Å². The number of hydrogen-bond acceptors (Lipinski definition) is 3. The zero-order valence-electron chi connectivity index (χ0n) is 16.3. The summed E-state index contributed by atoms with van der Waals surface area (Å²) in [7, 11) is 1.71. The molecule has 27 heavy (non-hydrogen) atoms. The van der Waals surface area contributed by atoms with Crippen molar-refractivity contribution in [2.45, 2.75) is 33.4 Å². The van der Waals surface area contributed by atoms with Gasteiger partial charge >= 0.3 is 5.69 Å². The van der Waals surface area contributed by atoms with Crippen LogP contribution in [0.15, 0.2) is 53.3 Å². The number of rotatable bonds is 6. The van der Waals surface area contributed by atoms with Crippen LogP contribution < -0.4 is 15.9 Å². The van der Waals surface area contributed by atoms with Crippen molar-refractivity contribution in [3.8, 4) is 0 Å². The predicted molar refractivity (Wildman–Crippen MR) is 110 cm³/mol. The van der Waals surface area contributed by atoms with Gasteiger partial charge in [0.25, 0.3) is 0 Å². The number of para-hydroxylation sites is 2. The van der Waals surface area contributed by atoms with E-state index in [9.17, 15) is 9.59 Å². The van der Waals surface area contributed by atoms with E-state index in [1.165, 1.54) is 4.57 Å². The Kier molecular flexibility index (Phi) is 5.35. The molecule has 0 bridgehead atoms. The summed E-state index contributed by atoms with van der Waals surface area (Å²) in [5.74, 6) is -0.225. The van der Waals surface area contributed by atoms with Gasteiger partial charge in [0, 0.05) is 31.0 Å². The minimum atomic E-state index is -0.225. The van der Waals surface area contributed by atoms with E-state index >= 15 is 0 Å². The average molecular weight is 366 g/mol. The fraction of sp³-hybridized carbons (Fsp3) is 0.333.